The van der Waals surface area contributed by atoms with Crippen LogP contribution in [0.4, 0.5) is 4.79 Å². The van der Waals surface area contributed by atoms with Crippen molar-refractivity contribution in [1.82, 2.24) is 4.90 Å². The molecule has 4 nitrogen and oxygen atoms in total. The van der Waals surface area contributed by atoms with E-state index in [1.165, 1.54) is 4.90 Å². The van der Waals surface area contributed by atoms with Gasteiger partial charge in [-0.3, -0.25) is 4.79 Å². The van der Waals surface area contributed by atoms with Crippen LogP contribution in [-0.4, -0.2) is 29.9 Å². The summed E-state index contributed by atoms with van der Waals surface area (Å²) in [6.45, 7) is 2.41. The monoisotopic (exact) mass is 253 g/mol. The molecule has 0 saturated carbocycles. The van der Waals surface area contributed by atoms with Crippen molar-refractivity contribution in [2.45, 2.75) is 13.3 Å². The number of carbonyl (C=O) groups is 2. The highest BCUT2D eigenvalue weighted by molar-refractivity contribution is 6.31. The van der Waals surface area contributed by atoms with E-state index >= 15 is 0 Å². The number of ether oxygens (including phenoxy) is 1. The van der Waals surface area contributed by atoms with Crippen molar-refractivity contribution in [3.8, 4) is 5.75 Å². The summed E-state index contributed by atoms with van der Waals surface area (Å²) in [5.74, 6) is 0.505. The van der Waals surface area contributed by atoms with Crippen LogP contribution in [0.15, 0.2) is 18.2 Å². The standard InChI is InChI=1S/C12H12ClNO3/c1-8-6-10(2-3-11(8)13)17-12(16)14-5-4-9(15)7-14/h2-3,6H,4-5,7H2,1H3. The molecule has 0 atom stereocenters. The fraction of sp³-hybridized carbons (Fsp3) is 0.333. The number of Topliss-reactive ketones (excluding diaryl/α,β-unsaturated/α-hetero) is 1. The molecular weight excluding hydrogens is 242 g/mol. The second kappa shape index (κ2) is 4.75. The molecule has 1 amide bonds. The molecule has 1 fully saturated rings. The summed E-state index contributed by atoms with van der Waals surface area (Å²) in [6.07, 6.45) is -0.0769. The molecule has 1 heterocycles. The normalized spacial score (nSPS) is 15.2. The Morgan fingerprint density at radius 2 is 2.24 bits per heavy atom. The quantitative estimate of drug-likeness (QED) is 0.772. The van der Waals surface area contributed by atoms with Crippen LogP contribution in [0.1, 0.15) is 12.0 Å². The summed E-state index contributed by atoms with van der Waals surface area (Å²) >= 11 is 5.87. The smallest absolute Gasteiger partial charge is 0.410 e. The van der Waals surface area contributed by atoms with Gasteiger partial charge < -0.3 is 9.64 Å². The maximum absolute atomic E-state index is 11.7. The topological polar surface area (TPSA) is 46.6 Å². The molecule has 0 bridgehead atoms. The molecule has 1 aliphatic heterocycles. The second-order valence-corrected chi connectivity index (χ2v) is 4.40. The van der Waals surface area contributed by atoms with Crippen molar-refractivity contribution in [2.75, 3.05) is 13.1 Å². The zero-order valence-electron chi connectivity index (χ0n) is 9.40. The Bertz CT molecular complexity index is 473. The van der Waals surface area contributed by atoms with E-state index in [4.69, 9.17) is 16.3 Å². The average Bonchev–Trinajstić information content (AvgIpc) is 2.70. The highest BCUT2D eigenvalue weighted by Crippen LogP contribution is 2.21. The Balaban J connectivity index is 2.03. The minimum Gasteiger partial charge on any atom is -0.410 e. The van der Waals surface area contributed by atoms with Gasteiger partial charge in [0.15, 0.2) is 5.78 Å². The van der Waals surface area contributed by atoms with Crippen LogP contribution < -0.4 is 4.74 Å². The highest BCUT2D eigenvalue weighted by atomic mass is 35.5. The van der Waals surface area contributed by atoms with E-state index in [2.05, 4.69) is 0 Å². The van der Waals surface area contributed by atoms with E-state index in [0.29, 0.717) is 23.7 Å². The minimum atomic E-state index is -0.488. The van der Waals surface area contributed by atoms with E-state index in [0.717, 1.165) is 5.56 Å². The van der Waals surface area contributed by atoms with Crippen LogP contribution >= 0.6 is 11.6 Å². The number of benzene rings is 1. The summed E-state index contributed by atoms with van der Waals surface area (Å²) < 4.78 is 5.16. The van der Waals surface area contributed by atoms with Gasteiger partial charge in [0.25, 0.3) is 0 Å². The molecule has 0 aliphatic carbocycles. The lowest BCUT2D eigenvalue weighted by atomic mass is 10.2. The van der Waals surface area contributed by atoms with Crippen LogP contribution in [0, 0.1) is 6.92 Å². The number of carbonyl (C=O) groups excluding carboxylic acids is 2. The first-order chi connectivity index (χ1) is 8.06. The van der Waals surface area contributed by atoms with Crippen LogP contribution in [0.2, 0.25) is 5.02 Å². The number of amides is 1. The summed E-state index contributed by atoms with van der Waals surface area (Å²) in [7, 11) is 0. The van der Waals surface area contributed by atoms with Crippen molar-refractivity contribution in [3.63, 3.8) is 0 Å². The number of likely N-dealkylation sites (tertiary alicyclic amines) is 1. The van der Waals surface area contributed by atoms with Gasteiger partial charge in [0.05, 0.1) is 6.54 Å². The molecule has 17 heavy (non-hydrogen) atoms. The molecule has 0 unspecified atom stereocenters. The van der Waals surface area contributed by atoms with Crippen LogP contribution in [0.25, 0.3) is 0 Å². The van der Waals surface area contributed by atoms with Gasteiger partial charge in [-0.25, -0.2) is 4.79 Å². The predicted octanol–water partition coefficient (Wildman–Crippen LogP) is 2.42. The van der Waals surface area contributed by atoms with Crippen molar-refractivity contribution < 1.29 is 14.3 Å². The largest absolute Gasteiger partial charge is 0.415 e. The van der Waals surface area contributed by atoms with Crippen molar-refractivity contribution >= 4 is 23.5 Å². The lowest BCUT2D eigenvalue weighted by Crippen LogP contribution is -2.31. The number of ketones is 1. The molecule has 0 radical (unpaired) electrons. The molecule has 1 aromatic rings. The molecule has 1 aromatic carbocycles. The third kappa shape index (κ3) is 2.77. The summed E-state index contributed by atoms with van der Waals surface area (Å²) in [4.78, 5) is 24.1. The first kappa shape index (κ1) is 11.9. The molecule has 0 N–H and O–H groups in total. The first-order valence-electron chi connectivity index (χ1n) is 5.31. The Kier molecular flexibility index (Phi) is 3.33. The van der Waals surface area contributed by atoms with Gasteiger partial charge in [-0.1, -0.05) is 11.6 Å². The maximum Gasteiger partial charge on any atom is 0.415 e. The number of nitrogens with zero attached hydrogens (tertiary/aromatic N) is 1. The number of aryl methyl sites for hydroxylation is 1. The summed E-state index contributed by atoms with van der Waals surface area (Å²) in [5.41, 5.74) is 0.842. The number of hydrogen-bond acceptors (Lipinski definition) is 3. The molecular formula is C12H12ClNO3. The van der Waals surface area contributed by atoms with E-state index < -0.39 is 6.09 Å². The maximum atomic E-state index is 11.7. The van der Waals surface area contributed by atoms with Crippen LogP contribution in [-0.2, 0) is 4.79 Å². The number of hydrogen-bond donors (Lipinski definition) is 0. The molecule has 1 saturated heterocycles. The lowest BCUT2D eigenvalue weighted by molar-refractivity contribution is -0.116. The van der Waals surface area contributed by atoms with E-state index in [-0.39, 0.29) is 12.3 Å². The average molecular weight is 254 g/mol. The van der Waals surface area contributed by atoms with Gasteiger partial charge in [0.2, 0.25) is 0 Å². The Labute approximate surface area is 104 Å². The zero-order chi connectivity index (χ0) is 12.4. The summed E-state index contributed by atoms with van der Waals surface area (Å²) in [6, 6.07) is 5.00. The van der Waals surface area contributed by atoms with Gasteiger partial charge in [0.1, 0.15) is 5.75 Å². The van der Waals surface area contributed by atoms with Gasteiger partial charge in [-0.15, -0.1) is 0 Å². The second-order valence-electron chi connectivity index (χ2n) is 3.99. The fourth-order valence-corrected chi connectivity index (χ4v) is 1.75. The van der Waals surface area contributed by atoms with E-state index in [9.17, 15) is 9.59 Å². The van der Waals surface area contributed by atoms with Gasteiger partial charge in [-0.2, -0.15) is 0 Å². The lowest BCUT2D eigenvalue weighted by Gasteiger charge is -2.14. The van der Waals surface area contributed by atoms with Gasteiger partial charge >= 0.3 is 6.09 Å². The third-order valence-corrected chi connectivity index (χ3v) is 3.04. The van der Waals surface area contributed by atoms with Crippen molar-refractivity contribution in [3.05, 3.63) is 28.8 Å². The van der Waals surface area contributed by atoms with Crippen LogP contribution in [0.5, 0.6) is 5.75 Å². The highest BCUT2D eigenvalue weighted by Gasteiger charge is 2.25. The van der Waals surface area contributed by atoms with E-state index in [1.807, 2.05) is 6.92 Å². The van der Waals surface area contributed by atoms with Crippen molar-refractivity contribution in [1.29, 1.82) is 0 Å². The molecule has 5 heteroatoms. The fourth-order valence-electron chi connectivity index (χ4n) is 1.63. The molecule has 0 spiro atoms. The van der Waals surface area contributed by atoms with Crippen LogP contribution in [0.3, 0.4) is 0 Å². The molecule has 2 rings (SSSR count). The molecule has 0 aromatic heterocycles. The molecule has 1 aliphatic rings. The third-order valence-electron chi connectivity index (χ3n) is 2.62. The minimum absolute atomic E-state index is 0.0641. The Hall–Kier alpha value is -1.55. The number of rotatable bonds is 1. The number of halogens is 1. The SMILES string of the molecule is Cc1cc(OC(=O)N2CCC(=O)C2)ccc1Cl. The van der Waals surface area contributed by atoms with Gasteiger partial charge in [0, 0.05) is 18.0 Å². The molecule has 90 valence electrons. The Morgan fingerprint density at radius 1 is 1.47 bits per heavy atom. The van der Waals surface area contributed by atoms with Crippen molar-refractivity contribution in [2.24, 2.45) is 0 Å². The van der Waals surface area contributed by atoms with E-state index in [1.54, 1.807) is 18.2 Å². The first-order valence-corrected chi connectivity index (χ1v) is 5.68. The van der Waals surface area contributed by atoms with Gasteiger partial charge in [-0.05, 0) is 30.7 Å². The zero-order valence-corrected chi connectivity index (χ0v) is 10.2. The predicted molar refractivity (Wildman–Crippen MR) is 63.4 cm³/mol. The Morgan fingerprint density at radius 3 is 2.82 bits per heavy atom. The summed E-state index contributed by atoms with van der Waals surface area (Å²) in [5, 5.41) is 0.626.